The third-order valence-corrected chi connectivity index (χ3v) is 3.28. The molecule has 3 N–H and O–H groups in total. The fraction of sp³-hybridized carbons (Fsp3) is 0.900. The molecule has 1 amide bonds. The molecule has 6 heteroatoms. The Kier molecular flexibility index (Phi) is 4.12. The van der Waals surface area contributed by atoms with Crippen LogP contribution in [-0.4, -0.2) is 23.9 Å². The van der Waals surface area contributed by atoms with Gasteiger partial charge < -0.3 is 11.1 Å². The number of hydrogen-bond donors (Lipinski definition) is 2. The van der Waals surface area contributed by atoms with Crippen molar-refractivity contribution in [2.45, 2.75) is 50.1 Å². The number of nitrogens with one attached hydrogen (secondary N) is 1. The lowest BCUT2D eigenvalue weighted by Gasteiger charge is -2.35. The molecule has 2 rings (SSSR count). The summed E-state index contributed by atoms with van der Waals surface area (Å²) in [4.78, 5) is 11.6. The topological polar surface area (TPSA) is 55.1 Å². The van der Waals surface area contributed by atoms with Crippen molar-refractivity contribution < 1.29 is 13.6 Å². The number of hydrogen-bond acceptors (Lipinski definition) is 2. The smallest absolute Gasteiger partial charge is 0.252 e. The van der Waals surface area contributed by atoms with E-state index in [-0.39, 0.29) is 49.2 Å². The number of amides is 1. The average molecular weight is 255 g/mol. The lowest BCUT2D eigenvalue weighted by molar-refractivity contribution is -0.132. The Morgan fingerprint density at radius 1 is 1.31 bits per heavy atom. The standard InChI is InChI=1S/C10H16F2N2O.ClH/c11-10(12)4-8(5-10)14-9(15)6-1-2-7(13)3-6;/h6-8H,1-5,13H2,(H,14,15);1H/t6-,7+;/m1./s1. The number of alkyl halides is 2. The number of nitrogens with two attached hydrogens (primary N) is 1. The highest BCUT2D eigenvalue weighted by atomic mass is 35.5. The number of carbonyl (C=O) groups excluding carboxylic acids is 1. The summed E-state index contributed by atoms with van der Waals surface area (Å²) in [7, 11) is 0. The average Bonchev–Trinajstić information content (AvgIpc) is 2.48. The molecule has 0 bridgehead atoms. The van der Waals surface area contributed by atoms with Gasteiger partial charge in [0.25, 0.3) is 5.92 Å². The van der Waals surface area contributed by atoms with E-state index >= 15 is 0 Å². The fourth-order valence-corrected chi connectivity index (χ4v) is 2.34. The molecule has 0 radical (unpaired) electrons. The first-order chi connectivity index (χ1) is 6.96. The third-order valence-electron chi connectivity index (χ3n) is 3.28. The summed E-state index contributed by atoms with van der Waals surface area (Å²) in [5.41, 5.74) is 5.68. The third kappa shape index (κ3) is 3.04. The predicted octanol–water partition coefficient (Wildman–Crippen LogP) is 1.45. The summed E-state index contributed by atoms with van der Waals surface area (Å²) >= 11 is 0. The van der Waals surface area contributed by atoms with E-state index in [2.05, 4.69) is 5.32 Å². The van der Waals surface area contributed by atoms with Gasteiger partial charge >= 0.3 is 0 Å². The Morgan fingerprint density at radius 3 is 2.38 bits per heavy atom. The molecule has 2 atom stereocenters. The molecule has 2 fully saturated rings. The zero-order valence-electron chi connectivity index (χ0n) is 8.92. The minimum absolute atomic E-state index is 0. The van der Waals surface area contributed by atoms with Crippen molar-refractivity contribution in [3.8, 4) is 0 Å². The molecule has 0 spiro atoms. The molecule has 94 valence electrons. The van der Waals surface area contributed by atoms with Gasteiger partial charge in [-0.25, -0.2) is 8.78 Å². The molecule has 2 saturated carbocycles. The Labute approximate surface area is 99.5 Å². The SMILES string of the molecule is Cl.N[C@H]1CC[C@@H](C(=O)NC2CC(F)(F)C2)C1. The van der Waals surface area contributed by atoms with E-state index in [1.807, 2.05) is 0 Å². The van der Waals surface area contributed by atoms with Crippen molar-refractivity contribution in [2.75, 3.05) is 0 Å². The van der Waals surface area contributed by atoms with Gasteiger partial charge in [-0.05, 0) is 19.3 Å². The molecule has 2 aliphatic carbocycles. The molecule has 3 nitrogen and oxygen atoms in total. The van der Waals surface area contributed by atoms with Crippen LogP contribution in [0.2, 0.25) is 0 Å². The summed E-state index contributed by atoms with van der Waals surface area (Å²) in [6.45, 7) is 0. The van der Waals surface area contributed by atoms with Crippen LogP contribution in [0.15, 0.2) is 0 Å². The molecular formula is C10H17ClF2N2O. The van der Waals surface area contributed by atoms with Crippen molar-refractivity contribution in [1.29, 1.82) is 0 Å². The summed E-state index contributed by atoms with van der Waals surface area (Å²) in [6.07, 6.45) is 1.92. The Balaban J connectivity index is 0.00000128. The van der Waals surface area contributed by atoms with Gasteiger partial charge in [-0.3, -0.25) is 4.79 Å². The minimum atomic E-state index is -2.57. The zero-order chi connectivity index (χ0) is 11.1. The van der Waals surface area contributed by atoms with Crippen LogP contribution >= 0.6 is 12.4 Å². The normalized spacial score (nSPS) is 32.7. The quantitative estimate of drug-likeness (QED) is 0.784. The van der Waals surface area contributed by atoms with E-state index < -0.39 is 5.92 Å². The van der Waals surface area contributed by atoms with Crippen LogP contribution in [-0.2, 0) is 4.79 Å². The summed E-state index contributed by atoms with van der Waals surface area (Å²) in [5.74, 6) is -2.72. The Hall–Kier alpha value is -0.420. The second-order valence-electron chi connectivity index (χ2n) is 4.74. The highest BCUT2D eigenvalue weighted by Gasteiger charge is 2.46. The van der Waals surface area contributed by atoms with Crippen molar-refractivity contribution >= 4 is 18.3 Å². The summed E-state index contributed by atoms with van der Waals surface area (Å²) in [5, 5.41) is 2.66. The van der Waals surface area contributed by atoms with Crippen molar-refractivity contribution in [3.05, 3.63) is 0 Å². The van der Waals surface area contributed by atoms with Gasteiger partial charge in [0.15, 0.2) is 0 Å². The van der Waals surface area contributed by atoms with Crippen LogP contribution in [0.5, 0.6) is 0 Å². The van der Waals surface area contributed by atoms with Gasteiger partial charge in [-0.15, -0.1) is 12.4 Å². The van der Waals surface area contributed by atoms with E-state index in [0.717, 1.165) is 12.8 Å². The largest absolute Gasteiger partial charge is 0.353 e. The van der Waals surface area contributed by atoms with Crippen molar-refractivity contribution in [2.24, 2.45) is 11.7 Å². The van der Waals surface area contributed by atoms with Crippen LogP contribution in [0.1, 0.15) is 32.1 Å². The van der Waals surface area contributed by atoms with Gasteiger partial charge in [0, 0.05) is 30.8 Å². The lowest BCUT2D eigenvalue weighted by Crippen LogP contribution is -2.51. The summed E-state index contributed by atoms with van der Waals surface area (Å²) in [6, 6.07) is -0.229. The number of halogens is 3. The second kappa shape index (κ2) is 4.84. The van der Waals surface area contributed by atoms with Crippen LogP contribution in [0, 0.1) is 5.92 Å². The van der Waals surface area contributed by atoms with Gasteiger partial charge in [-0.1, -0.05) is 0 Å². The van der Waals surface area contributed by atoms with Crippen molar-refractivity contribution in [3.63, 3.8) is 0 Å². The molecule has 0 unspecified atom stereocenters. The maximum atomic E-state index is 12.5. The molecule has 16 heavy (non-hydrogen) atoms. The Morgan fingerprint density at radius 2 is 1.94 bits per heavy atom. The number of carbonyl (C=O) groups is 1. The van der Waals surface area contributed by atoms with Crippen LogP contribution in [0.3, 0.4) is 0 Å². The molecular weight excluding hydrogens is 238 g/mol. The molecule has 0 aromatic heterocycles. The highest BCUT2D eigenvalue weighted by Crippen LogP contribution is 2.37. The van der Waals surface area contributed by atoms with Gasteiger partial charge in [0.1, 0.15) is 0 Å². The predicted molar refractivity (Wildman–Crippen MR) is 58.7 cm³/mol. The van der Waals surface area contributed by atoms with Gasteiger partial charge in [0.05, 0.1) is 0 Å². The molecule has 0 saturated heterocycles. The zero-order valence-corrected chi connectivity index (χ0v) is 9.73. The van der Waals surface area contributed by atoms with E-state index in [1.165, 1.54) is 0 Å². The minimum Gasteiger partial charge on any atom is -0.353 e. The van der Waals surface area contributed by atoms with Gasteiger partial charge in [-0.2, -0.15) is 0 Å². The van der Waals surface area contributed by atoms with E-state index in [4.69, 9.17) is 5.73 Å². The van der Waals surface area contributed by atoms with E-state index in [1.54, 1.807) is 0 Å². The molecule has 0 aromatic carbocycles. The maximum Gasteiger partial charge on any atom is 0.252 e. The fourth-order valence-electron chi connectivity index (χ4n) is 2.34. The van der Waals surface area contributed by atoms with Gasteiger partial charge in [0.2, 0.25) is 5.91 Å². The molecule has 2 aliphatic rings. The number of rotatable bonds is 2. The molecule has 0 heterocycles. The van der Waals surface area contributed by atoms with Crippen molar-refractivity contribution in [1.82, 2.24) is 5.32 Å². The molecule has 0 aliphatic heterocycles. The van der Waals surface area contributed by atoms with Crippen LogP contribution in [0.4, 0.5) is 8.78 Å². The van der Waals surface area contributed by atoms with Crippen LogP contribution in [0.25, 0.3) is 0 Å². The Bertz CT molecular complexity index is 268. The highest BCUT2D eigenvalue weighted by molar-refractivity contribution is 5.85. The maximum absolute atomic E-state index is 12.5. The molecule has 0 aromatic rings. The van der Waals surface area contributed by atoms with E-state index in [9.17, 15) is 13.6 Å². The second-order valence-corrected chi connectivity index (χ2v) is 4.74. The first-order valence-corrected chi connectivity index (χ1v) is 5.40. The summed E-state index contributed by atoms with van der Waals surface area (Å²) < 4.78 is 25.0. The van der Waals surface area contributed by atoms with E-state index in [0.29, 0.717) is 6.42 Å². The lowest BCUT2D eigenvalue weighted by atomic mass is 9.87. The first kappa shape index (κ1) is 13.6. The van der Waals surface area contributed by atoms with Crippen LogP contribution < -0.4 is 11.1 Å². The first-order valence-electron chi connectivity index (χ1n) is 5.40. The monoisotopic (exact) mass is 254 g/mol.